The van der Waals surface area contributed by atoms with E-state index in [1.54, 1.807) is 34.5 Å². The minimum absolute atomic E-state index is 0.439. The second-order valence-corrected chi connectivity index (χ2v) is 5.76. The van der Waals surface area contributed by atoms with Gasteiger partial charge in [0.15, 0.2) is 23.0 Å². The van der Waals surface area contributed by atoms with Gasteiger partial charge in [-0.15, -0.1) is 0 Å². The summed E-state index contributed by atoms with van der Waals surface area (Å²) in [7, 11) is 8.24. The number of hydrogen-bond donors (Lipinski definition) is 0. The quantitative estimate of drug-likeness (QED) is 0.641. The van der Waals surface area contributed by atoms with E-state index in [9.17, 15) is 4.79 Å². The van der Waals surface area contributed by atoms with Crippen LogP contribution >= 0.6 is 0 Å². The van der Waals surface area contributed by atoms with Crippen molar-refractivity contribution in [2.24, 2.45) is 0 Å². The summed E-state index contributed by atoms with van der Waals surface area (Å²) >= 11 is 0. The van der Waals surface area contributed by atoms with E-state index in [1.807, 2.05) is 42.3 Å². The zero-order valence-electron chi connectivity index (χ0n) is 15.8. The molecule has 2 rings (SSSR count). The fourth-order valence-corrected chi connectivity index (χ4v) is 2.92. The monoisotopic (exact) mass is 359 g/mol. The van der Waals surface area contributed by atoms with Gasteiger partial charge in [0.1, 0.15) is 6.29 Å². The van der Waals surface area contributed by atoms with Gasteiger partial charge < -0.3 is 23.7 Å². The van der Waals surface area contributed by atoms with E-state index in [1.165, 1.54) is 0 Å². The lowest BCUT2D eigenvalue weighted by atomic mass is 10.0. The van der Waals surface area contributed by atoms with E-state index in [-0.39, 0.29) is 0 Å². The number of rotatable bonds is 9. The maximum Gasteiger partial charge on any atom is 0.165 e. The van der Waals surface area contributed by atoms with E-state index in [0.717, 1.165) is 17.4 Å². The number of para-hydroxylation sites is 1. The average molecular weight is 359 g/mol. The van der Waals surface area contributed by atoms with E-state index >= 15 is 0 Å². The molecule has 0 aliphatic carbocycles. The number of hydrogen-bond acceptors (Lipinski definition) is 6. The van der Waals surface area contributed by atoms with Crippen molar-refractivity contribution >= 4 is 6.29 Å². The molecule has 0 spiro atoms. The lowest BCUT2D eigenvalue weighted by Crippen LogP contribution is -2.25. The molecule has 1 atom stereocenters. The smallest absolute Gasteiger partial charge is 0.165 e. The summed E-state index contributed by atoms with van der Waals surface area (Å²) in [6.07, 6.45) is 0.911. The Bertz CT molecular complexity index is 747. The molecule has 6 heteroatoms. The van der Waals surface area contributed by atoms with Crippen LogP contribution in [0.2, 0.25) is 0 Å². The van der Waals surface area contributed by atoms with Crippen LogP contribution in [0.1, 0.15) is 17.2 Å². The molecule has 0 heterocycles. The normalized spacial score (nSPS) is 11.8. The number of methoxy groups -OCH3 is 4. The van der Waals surface area contributed by atoms with Crippen molar-refractivity contribution in [1.29, 1.82) is 0 Å². The van der Waals surface area contributed by atoms with Crippen molar-refractivity contribution in [3.05, 3.63) is 47.5 Å². The van der Waals surface area contributed by atoms with Crippen molar-refractivity contribution in [2.75, 3.05) is 35.5 Å². The van der Waals surface area contributed by atoms with Crippen LogP contribution in [-0.4, -0.2) is 46.7 Å². The molecule has 2 aromatic rings. The summed E-state index contributed by atoms with van der Waals surface area (Å²) in [5.41, 5.74) is 1.75. The molecule has 0 bridgehead atoms. The van der Waals surface area contributed by atoms with Gasteiger partial charge in [0.2, 0.25) is 0 Å². The van der Waals surface area contributed by atoms with Crippen molar-refractivity contribution in [1.82, 2.24) is 4.90 Å². The molecule has 26 heavy (non-hydrogen) atoms. The number of carbonyl (C=O) groups excluding carboxylic acids is 1. The van der Waals surface area contributed by atoms with Crippen LogP contribution in [0.5, 0.6) is 23.0 Å². The standard InChI is InChI=1S/C20H25NO5/c1-21(12-15-7-6-8-18(24-3)20(15)26-5)16(13-22)14-9-10-17(23-2)19(11-14)25-4/h6-11,13,16H,12H2,1-5H3/t16-/m1/s1. The zero-order valence-corrected chi connectivity index (χ0v) is 15.8. The highest BCUT2D eigenvalue weighted by Gasteiger charge is 2.20. The van der Waals surface area contributed by atoms with Crippen LogP contribution in [0.25, 0.3) is 0 Å². The Balaban J connectivity index is 2.30. The first kappa shape index (κ1) is 19.6. The lowest BCUT2D eigenvalue weighted by Gasteiger charge is -2.25. The Hall–Kier alpha value is -2.73. The van der Waals surface area contributed by atoms with Crippen LogP contribution in [0, 0.1) is 0 Å². The second kappa shape index (κ2) is 9.10. The Morgan fingerprint density at radius 2 is 1.62 bits per heavy atom. The molecule has 0 amide bonds. The molecular weight excluding hydrogens is 334 g/mol. The molecule has 0 unspecified atom stereocenters. The van der Waals surface area contributed by atoms with Gasteiger partial charge >= 0.3 is 0 Å². The highest BCUT2D eigenvalue weighted by atomic mass is 16.5. The largest absolute Gasteiger partial charge is 0.493 e. The van der Waals surface area contributed by atoms with Crippen molar-refractivity contribution in [3.63, 3.8) is 0 Å². The predicted octanol–water partition coefficient (Wildman–Crippen LogP) is 3.09. The number of carbonyl (C=O) groups is 1. The molecule has 0 radical (unpaired) electrons. The molecule has 140 valence electrons. The maximum absolute atomic E-state index is 11.8. The minimum Gasteiger partial charge on any atom is -0.493 e. The van der Waals surface area contributed by atoms with Gasteiger partial charge in [-0.05, 0) is 30.8 Å². The fraction of sp³-hybridized carbons (Fsp3) is 0.350. The van der Waals surface area contributed by atoms with Crippen molar-refractivity contribution in [3.8, 4) is 23.0 Å². The third-order valence-electron chi connectivity index (χ3n) is 4.26. The first-order chi connectivity index (χ1) is 12.6. The number of ether oxygens (including phenoxy) is 4. The van der Waals surface area contributed by atoms with Crippen molar-refractivity contribution in [2.45, 2.75) is 12.6 Å². The second-order valence-electron chi connectivity index (χ2n) is 5.76. The Morgan fingerprint density at radius 1 is 0.923 bits per heavy atom. The van der Waals surface area contributed by atoms with Gasteiger partial charge in [0.25, 0.3) is 0 Å². The average Bonchev–Trinajstić information content (AvgIpc) is 2.68. The van der Waals surface area contributed by atoms with Gasteiger partial charge in [-0.25, -0.2) is 0 Å². The molecule has 0 N–H and O–H groups in total. The van der Waals surface area contributed by atoms with Gasteiger partial charge in [-0.3, -0.25) is 4.90 Å². The molecule has 0 saturated heterocycles. The predicted molar refractivity (Wildman–Crippen MR) is 99.4 cm³/mol. The number of benzene rings is 2. The van der Waals surface area contributed by atoms with Crippen molar-refractivity contribution < 1.29 is 23.7 Å². The van der Waals surface area contributed by atoms with Gasteiger partial charge in [-0.2, -0.15) is 0 Å². The van der Waals surface area contributed by atoms with Crippen LogP contribution in [-0.2, 0) is 11.3 Å². The molecule has 2 aromatic carbocycles. The van der Waals surface area contributed by atoms with Crippen LogP contribution in [0.4, 0.5) is 0 Å². The molecular formula is C20H25NO5. The minimum atomic E-state index is -0.439. The highest BCUT2D eigenvalue weighted by Crippen LogP contribution is 2.34. The van der Waals surface area contributed by atoms with E-state index in [2.05, 4.69) is 0 Å². The van der Waals surface area contributed by atoms with Crippen LogP contribution in [0.15, 0.2) is 36.4 Å². The Morgan fingerprint density at radius 3 is 2.19 bits per heavy atom. The number of aldehydes is 1. The van der Waals surface area contributed by atoms with E-state index < -0.39 is 6.04 Å². The Kier molecular flexibility index (Phi) is 6.86. The lowest BCUT2D eigenvalue weighted by molar-refractivity contribution is -0.112. The molecule has 6 nitrogen and oxygen atoms in total. The molecule has 0 aliphatic heterocycles. The highest BCUT2D eigenvalue weighted by molar-refractivity contribution is 5.63. The fourth-order valence-electron chi connectivity index (χ4n) is 2.92. The molecule has 0 saturated carbocycles. The summed E-state index contributed by atoms with van der Waals surface area (Å²) in [6.45, 7) is 0.512. The van der Waals surface area contributed by atoms with Crippen LogP contribution < -0.4 is 18.9 Å². The van der Waals surface area contributed by atoms with Gasteiger partial charge in [-0.1, -0.05) is 18.2 Å². The number of likely N-dealkylation sites (N-methyl/N-ethyl adjacent to an activating group) is 1. The van der Waals surface area contributed by atoms with Gasteiger partial charge in [0.05, 0.1) is 34.5 Å². The number of nitrogens with zero attached hydrogens (tertiary/aromatic N) is 1. The third-order valence-corrected chi connectivity index (χ3v) is 4.26. The third kappa shape index (κ3) is 4.08. The molecule has 0 aliphatic rings. The Labute approximate surface area is 154 Å². The molecule has 0 fully saturated rings. The summed E-state index contributed by atoms with van der Waals surface area (Å²) in [5, 5.41) is 0. The maximum atomic E-state index is 11.8. The SMILES string of the molecule is COc1ccc([C@@H](C=O)N(C)Cc2cccc(OC)c2OC)cc1OC. The topological polar surface area (TPSA) is 57.2 Å². The van der Waals surface area contributed by atoms with Crippen LogP contribution in [0.3, 0.4) is 0 Å². The first-order valence-electron chi connectivity index (χ1n) is 8.16. The van der Waals surface area contributed by atoms with E-state index in [0.29, 0.717) is 29.5 Å². The summed E-state index contributed by atoms with van der Waals surface area (Å²) < 4.78 is 21.4. The first-order valence-corrected chi connectivity index (χ1v) is 8.16. The summed E-state index contributed by atoms with van der Waals surface area (Å²) in [4.78, 5) is 13.7. The summed E-state index contributed by atoms with van der Waals surface area (Å²) in [5.74, 6) is 2.54. The summed E-state index contributed by atoms with van der Waals surface area (Å²) in [6, 6.07) is 10.7. The zero-order chi connectivity index (χ0) is 19.1. The van der Waals surface area contributed by atoms with Gasteiger partial charge in [0, 0.05) is 12.1 Å². The molecule has 0 aromatic heterocycles. The van der Waals surface area contributed by atoms with E-state index in [4.69, 9.17) is 18.9 Å².